The molecule has 0 aliphatic rings. The van der Waals surface area contributed by atoms with Gasteiger partial charge in [0.05, 0.1) is 0 Å². The third kappa shape index (κ3) is 3.56. The highest BCUT2D eigenvalue weighted by molar-refractivity contribution is 5.67. The van der Waals surface area contributed by atoms with Gasteiger partial charge in [-0.3, -0.25) is 0 Å². The van der Waals surface area contributed by atoms with E-state index in [1.54, 1.807) is 6.07 Å². The van der Waals surface area contributed by atoms with Gasteiger partial charge in [-0.05, 0) is 45.7 Å². The molecule has 0 fully saturated rings. The molecule has 0 radical (unpaired) electrons. The summed E-state index contributed by atoms with van der Waals surface area (Å²) < 4.78 is 14.5. The molecule has 3 rings (SSSR count). The van der Waals surface area contributed by atoms with Crippen molar-refractivity contribution in [2.45, 2.75) is 32.6 Å². The molecule has 3 aromatic carbocycles. The zero-order valence-electron chi connectivity index (χ0n) is 14.5. The molecule has 0 heterocycles. The Hall–Kier alpha value is -2.41. The molecule has 0 amide bonds. The highest BCUT2D eigenvalue weighted by atomic mass is 19.1. The fraction of sp³-hybridized carbons (Fsp3) is 0.217. The van der Waals surface area contributed by atoms with Crippen LogP contribution in [-0.2, 0) is 11.8 Å². The van der Waals surface area contributed by atoms with Crippen molar-refractivity contribution in [1.29, 1.82) is 0 Å². The van der Waals surface area contributed by atoms with E-state index < -0.39 is 0 Å². The van der Waals surface area contributed by atoms with E-state index in [1.807, 2.05) is 57.2 Å². The van der Waals surface area contributed by atoms with Gasteiger partial charge in [0.25, 0.3) is 0 Å². The molecule has 0 spiro atoms. The monoisotopic (exact) mass is 318 g/mol. The second-order valence-corrected chi connectivity index (χ2v) is 7.26. The molecular weight excluding hydrogens is 295 g/mol. The topological polar surface area (TPSA) is 0 Å². The van der Waals surface area contributed by atoms with E-state index in [9.17, 15) is 4.39 Å². The van der Waals surface area contributed by atoms with Gasteiger partial charge < -0.3 is 0 Å². The average Bonchev–Trinajstić information content (AvgIpc) is 2.55. The van der Waals surface area contributed by atoms with Crippen molar-refractivity contribution in [3.05, 3.63) is 95.3 Å². The summed E-state index contributed by atoms with van der Waals surface area (Å²) in [5.74, 6) is -0.114. The van der Waals surface area contributed by atoms with Crippen LogP contribution < -0.4 is 0 Å². The van der Waals surface area contributed by atoms with Crippen molar-refractivity contribution in [2.75, 3.05) is 0 Å². The van der Waals surface area contributed by atoms with E-state index in [4.69, 9.17) is 0 Å². The van der Waals surface area contributed by atoms with E-state index in [2.05, 4.69) is 30.3 Å². The van der Waals surface area contributed by atoms with Crippen LogP contribution in [0.4, 0.5) is 4.39 Å². The maximum atomic E-state index is 14.5. The lowest BCUT2D eigenvalue weighted by molar-refractivity contribution is 0.522. The Morgan fingerprint density at radius 1 is 0.792 bits per heavy atom. The maximum absolute atomic E-state index is 14.5. The molecular formula is C23H23F. The van der Waals surface area contributed by atoms with Gasteiger partial charge in [-0.2, -0.15) is 0 Å². The molecule has 0 saturated heterocycles. The molecule has 0 aromatic heterocycles. The molecule has 0 atom stereocenters. The Morgan fingerprint density at radius 2 is 1.46 bits per heavy atom. The zero-order valence-corrected chi connectivity index (χ0v) is 14.5. The minimum absolute atomic E-state index is 0.114. The van der Waals surface area contributed by atoms with Crippen LogP contribution in [0, 0.1) is 5.82 Å². The van der Waals surface area contributed by atoms with Crippen molar-refractivity contribution < 1.29 is 4.39 Å². The number of rotatable bonds is 3. The third-order valence-electron chi connectivity index (χ3n) is 4.34. The van der Waals surface area contributed by atoms with E-state index in [0.29, 0.717) is 0 Å². The van der Waals surface area contributed by atoms with Crippen LogP contribution in [0.3, 0.4) is 0 Å². The first kappa shape index (κ1) is 16.4. The van der Waals surface area contributed by atoms with Crippen LogP contribution in [0.1, 0.15) is 37.5 Å². The van der Waals surface area contributed by atoms with Crippen LogP contribution in [0.25, 0.3) is 11.1 Å². The van der Waals surface area contributed by atoms with Gasteiger partial charge >= 0.3 is 0 Å². The summed E-state index contributed by atoms with van der Waals surface area (Å²) in [6.07, 6.45) is 0.729. The largest absolute Gasteiger partial charge is 0.207 e. The van der Waals surface area contributed by atoms with Crippen molar-refractivity contribution in [2.24, 2.45) is 0 Å². The molecule has 0 bridgehead atoms. The van der Waals surface area contributed by atoms with E-state index in [1.165, 1.54) is 16.7 Å². The highest BCUT2D eigenvalue weighted by Gasteiger charge is 2.18. The summed E-state index contributed by atoms with van der Waals surface area (Å²) in [6, 6.07) is 24.3. The van der Waals surface area contributed by atoms with Gasteiger partial charge in [-0.25, -0.2) is 4.39 Å². The Kier molecular flexibility index (Phi) is 4.53. The number of benzene rings is 3. The lowest BCUT2D eigenvalue weighted by Gasteiger charge is -2.20. The molecule has 122 valence electrons. The zero-order chi connectivity index (χ0) is 17.2. The number of hydrogen-bond donors (Lipinski definition) is 0. The molecule has 0 N–H and O–H groups in total. The van der Waals surface area contributed by atoms with Gasteiger partial charge in [0.1, 0.15) is 5.82 Å². The van der Waals surface area contributed by atoms with E-state index in [0.717, 1.165) is 17.5 Å². The molecule has 0 aliphatic heterocycles. The molecule has 1 heteroatoms. The smallest absolute Gasteiger partial charge is 0.127 e. The summed E-state index contributed by atoms with van der Waals surface area (Å²) >= 11 is 0. The summed E-state index contributed by atoms with van der Waals surface area (Å²) in [6.45, 7) is 6.11. The van der Waals surface area contributed by atoms with E-state index in [-0.39, 0.29) is 11.2 Å². The Bertz CT molecular complexity index is 826. The van der Waals surface area contributed by atoms with Crippen molar-refractivity contribution in [3.8, 4) is 11.1 Å². The van der Waals surface area contributed by atoms with Gasteiger partial charge in [-0.1, -0.05) is 87.5 Å². The molecule has 3 aromatic rings. The number of hydrogen-bond acceptors (Lipinski definition) is 0. The average molecular weight is 318 g/mol. The van der Waals surface area contributed by atoms with E-state index >= 15 is 0 Å². The van der Waals surface area contributed by atoms with Crippen LogP contribution in [0.15, 0.2) is 72.8 Å². The Balaban J connectivity index is 1.94. The third-order valence-corrected chi connectivity index (χ3v) is 4.34. The van der Waals surface area contributed by atoms with Crippen LogP contribution in [0.5, 0.6) is 0 Å². The predicted octanol–water partition coefficient (Wildman–Crippen LogP) is 6.38. The minimum atomic E-state index is -0.176. The summed E-state index contributed by atoms with van der Waals surface area (Å²) in [7, 11) is 0. The Morgan fingerprint density at radius 3 is 2.12 bits per heavy atom. The fourth-order valence-electron chi connectivity index (χ4n) is 3.07. The second-order valence-electron chi connectivity index (χ2n) is 7.26. The first-order valence-corrected chi connectivity index (χ1v) is 8.37. The van der Waals surface area contributed by atoms with Crippen molar-refractivity contribution >= 4 is 0 Å². The van der Waals surface area contributed by atoms with Crippen LogP contribution in [-0.4, -0.2) is 0 Å². The van der Waals surface area contributed by atoms with Gasteiger partial charge in [0, 0.05) is 0 Å². The summed E-state index contributed by atoms with van der Waals surface area (Å²) in [4.78, 5) is 0. The predicted molar refractivity (Wildman–Crippen MR) is 99.8 cm³/mol. The lowest BCUT2D eigenvalue weighted by atomic mass is 9.85. The van der Waals surface area contributed by atoms with Crippen LogP contribution in [0.2, 0.25) is 0 Å². The number of halogens is 1. The standard InChI is InChI=1S/C23H23F/c1-23(2,3)21-14-13-17(16-22(21)24)15-19-11-7-8-12-20(19)18-9-5-4-6-10-18/h4-14,16H,15H2,1-3H3. The minimum Gasteiger partial charge on any atom is -0.207 e. The summed E-state index contributed by atoms with van der Waals surface area (Å²) in [5.41, 5.74) is 5.21. The lowest BCUT2D eigenvalue weighted by Crippen LogP contribution is -2.13. The molecule has 0 unspecified atom stereocenters. The molecule has 24 heavy (non-hydrogen) atoms. The molecule has 0 nitrogen and oxygen atoms in total. The quantitative estimate of drug-likeness (QED) is 0.525. The molecule has 0 saturated carbocycles. The first-order valence-electron chi connectivity index (χ1n) is 8.37. The van der Waals surface area contributed by atoms with Gasteiger partial charge in [0.2, 0.25) is 0 Å². The Labute approximate surface area is 144 Å². The fourth-order valence-corrected chi connectivity index (χ4v) is 3.07. The SMILES string of the molecule is CC(C)(C)c1ccc(Cc2ccccc2-c2ccccc2)cc1F. The second kappa shape index (κ2) is 6.60. The van der Waals surface area contributed by atoms with Crippen molar-refractivity contribution in [1.82, 2.24) is 0 Å². The normalized spacial score (nSPS) is 11.5. The van der Waals surface area contributed by atoms with Gasteiger partial charge in [-0.15, -0.1) is 0 Å². The van der Waals surface area contributed by atoms with Crippen LogP contribution >= 0.6 is 0 Å². The van der Waals surface area contributed by atoms with Gasteiger partial charge in [0.15, 0.2) is 0 Å². The molecule has 0 aliphatic carbocycles. The highest BCUT2D eigenvalue weighted by Crippen LogP contribution is 2.28. The maximum Gasteiger partial charge on any atom is 0.127 e. The summed E-state index contributed by atoms with van der Waals surface area (Å²) in [5, 5.41) is 0. The van der Waals surface area contributed by atoms with Crippen molar-refractivity contribution in [3.63, 3.8) is 0 Å². The first-order chi connectivity index (χ1) is 11.4.